The maximum atomic E-state index is 12.9. The summed E-state index contributed by atoms with van der Waals surface area (Å²) in [6, 6.07) is 14.7. The highest BCUT2D eigenvalue weighted by Crippen LogP contribution is 2.37. The van der Waals surface area contributed by atoms with E-state index in [1.807, 2.05) is 36.4 Å². The minimum Gasteiger partial charge on any atom is -0.264 e. The van der Waals surface area contributed by atoms with E-state index in [0.29, 0.717) is 11.4 Å². The van der Waals surface area contributed by atoms with Gasteiger partial charge in [-0.05, 0) is 29.8 Å². The lowest BCUT2D eigenvalue weighted by molar-refractivity contribution is 0.591. The minimum atomic E-state index is -3.50. The smallest absolute Gasteiger partial charge is 0.264 e. The third-order valence-corrected chi connectivity index (χ3v) is 6.87. The van der Waals surface area contributed by atoms with E-state index >= 15 is 0 Å². The predicted octanol–water partition coefficient (Wildman–Crippen LogP) is 3.88. The van der Waals surface area contributed by atoms with Gasteiger partial charge in [0, 0.05) is 22.5 Å². The van der Waals surface area contributed by atoms with E-state index in [2.05, 4.69) is 15.9 Å². The van der Waals surface area contributed by atoms with Gasteiger partial charge in [0.2, 0.25) is 0 Å². The number of nitrogens with zero attached hydrogens (tertiary/aromatic N) is 1. The summed E-state index contributed by atoms with van der Waals surface area (Å²) in [5, 5.41) is 0.719. The van der Waals surface area contributed by atoms with E-state index in [4.69, 9.17) is 0 Å². The fourth-order valence-electron chi connectivity index (χ4n) is 2.27. The van der Waals surface area contributed by atoms with Gasteiger partial charge in [-0.15, -0.1) is 11.8 Å². The molecule has 0 bridgehead atoms. The average Bonchev–Trinajstić information content (AvgIpc) is 2.54. The molecule has 0 N–H and O–H groups in total. The number of hydrogen-bond acceptors (Lipinski definition) is 3. The monoisotopic (exact) mass is 383 g/mol. The summed E-state index contributed by atoms with van der Waals surface area (Å²) in [6.07, 6.45) is 0. The number of sulfonamides is 1. The van der Waals surface area contributed by atoms with Crippen molar-refractivity contribution in [2.24, 2.45) is 0 Å². The number of para-hydroxylation sites is 1. The molecule has 0 aromatic heterocycles. The van der Waals surface area contributed by atoms with Crippen LogP contribution < -0.4 is 4.31 Å². The van der Waals surface area contributed by atoms with E-state index in [9.17, 15) is 8.42 Å². The van der Waals surface area contributed by atoms with Crippen molar-refractivity contribution in [2.75, 3.05) is 16.6 Å². The highest BCUT2D eigenvalue weighted by Gasteiger charge is 2.29. The molecule has 3 rings (SSSR count). The number of fused-ring (bicyclic) bond motifs is 1. The third-order valence-electron chi connectivity index (χ3n) is 3.35. The van der Waals surface area contributed by atoms with Crippen LogP contribution in [0.5, 0.6) is 0 Å². The van der Waals surface area contributed by atoms with Crippen LogP contribution >= 0.6 is 27.7 Å². The van der Waals surface area contributed by atoms with Gasteiger partial charge in [-0.25, -0.2) is 8.42 Å². The molecular weight excluding hydrogens is 370 g/mol. The maximum absolute atomic E-state index is 12.9. The van der Waals surface area contributed by atoms with E-state index in [1.165, 1.54) is 4.31 Å². The number of rotatable bonds is 3. The van der Waals surface area contributed by atoms with Crippen LogP contribution in [0.3, 0.4) is 0 Å². The molecule has 0 spiro atoms. The zero-order valence-electron chi connectivity index (χ0n) is 11.2. The molecule has 0 unspecified atom stereocenters. The van der Waals surface area contributed by atoms with E-state index < -0.39 is 10.0 Å². The largest absolute Gasteiger partial charge is 0.264 e. The van der Waals surface area contributed by atoms with Crippen molar-refractivity contribution in [1.82, 2.24) is 0 Å². The molecule has 2 aromatic rings. The van der Waals surface area contributed by atoms with Gasteiger partial charge in [0.15, 0.2) is 0 Å². The summed E-state index contributed by atoms with van der Waals surface area (Å²) in [6.45, 7) is 0.504. The highest BCUT2D eigenvalue weighted by atomic mass is 79.9. The SMILES string of the molecule is O=S(=O)(c1ccc(CBr)cc1)N1CCSc2ccccc21. The summed E-state index contributed by atoms with van der Waals surface area (Å²) in [4.78, 5) is 1.36. The molecule has 1 heterocycles. The summed E-state index contributed by atoms with van der Waals surface area (Å²) < 4.78 is 27.2. The molecule has 0 aliphatic carbocycles. The van der Waals surface area contributed by atoms with Crippen LogP contribution in [0, 0.1) is 0 Å². The Kier molecular flexibility index (Phi) is 4.28. The predicted molar refractivity (Wildman–Crippen MR) is 90.8 cm³/mol. The Labute approximate surface area is 137 Å². The molecular formula is C15H14BrNO2S2. The Morgan fingerprint density at radius 3 is 2.52 bits per heavy atom. The Bertz CT molecular complexity index is 745. The summed E-state index contributed by atoms with van der Waals surface area (Å²) in [5.74, 6) is 0.774. The molecule has 1 aliphatic heterocycles. The molecule has 0 radical (unpaired) electrons. The van der Waals surface area contributed by atoms with Crippen molar-refractivity contribution < 1.29 is 8.42 Å². The van der Waals surface area contributed by atoms with Gasteiger partial charge in [-0.3, -0.25) is 4.31 Å². The van der Waals surface area contributed by atoms with Crippen molar-refractivity contribution in [1.29, 1.82) is 0 Å². The lowest BCUT2D eigenvalue weighted by Gasteiger charge is -2.30. The average molecular weight is 384 g/mol. The standard InChI is InChI=1S/C15H14BrNO2S2/c16-11-12-5-7-13(8-6-12)21(18,19)17-9-10-20-15-4-2-1-3-14(15)17/h1-8H,9-11H2. The molecule has 0 saturated carbocycles. The summed E-state index contributed by atoms with van der Waals surface area (Å²) in [7, 11) is -3.50. The Morgan fingerprint density at radius 1 is 1.10 bits per heavy atom. The van der Waals surface area contributed by atoms with Crippen molar-refractivity contribution in [3.8, 4) is 0 Å². The van der Waals surface area contributed by atoms with Gasteiger partial charge >= 0.3 is 0 Å². The number of hydrogen-bond donors (Lipinski definition) is 0. The van der Waals surface area contributed by atoms with Gasteiger partial charge in [0.25, 0.3) is 10.0 Å². The van der Waals surface area contributed by atoms with Crippen molar-refractivity contribution in [3.05, 3.63) is 54.1 Å². The molecule has 1 aliphatic rings. The fourth-order valence-corrected chi connectivity index (χ4v) is 5.30. The molecule has 21 heavy (non-hydrogen) atoms. The number of benzene rings is 2. The molecule has 2 aromatic carbocycles. The number of alkyl halides is 1. The molecule has 0 saturated heterocycles. The first-order valence-corrected chi connectivity index (χ1v) is 10.1. The van der Waals surface area contributed by atoms with Gasteiger partial charge in [0.1, 0.15) is 0 Å². The first-order valence-electron chi connectivity index (χ1n) is 6.52. The number of anilines is 1. The number of halogens is 1. The molecule has 110 valence electrons. The molecule has 6 heteroatoms. The Morgan fingerprint density at radius 2 is 1.81 bits per heavy atom. The zero-order chi connectivity index (χ0) is 14.9. The van der Waals surface area contributed by atoms with Gasteiger partial charge < -0.3 is 0 Å². The van der Waals surface area contributed by atoms with E-state index in [0.717, 1.165) is 27.2 Å². The van der Waals surface area contributed by atoms with Crippen molar-refractivity contribution >= 4 is 43.4 Å². The van der Waals surface area contributed by atoms with Crippen LogP contribution in [0.2, 0.25) is 0 Å². The first-order chi connectivity index (χ1) is 10.1. The third kappa shape index (κ3) is 2.84. The van der Waals surface area contributed by atoms with Crippen LogP contribution in [-0.4, -0.2) is 20.7 Å². The first kappa shape index (κ1) is 14.9. The molecule has 0 amide bonds. The lowest BCUT2D eigenvalue weighted by atomic mass is 10.2. The maximum Gasteiger partial charge on any atom is 0.264 e. The van der Waals surface area contributed by atoms with Crippen LogP contribution in [0.15, 0.2) is 58.3 Å². The molecule has 0 atom stereocenters. The van der Waals surface area contributed by atoms with Crippen LogP contribution in [0.4, 0.5) is 5.69 Å². The lowest BCUT2D eigenvalue weighted by Crippen LogP contribution is -2.35. The Hall–Kier alpha value is -0.980. The van der Waals surface area contributed by atoms with Gasteiger partial charge in [-0.1, -0.05) is 40.2 Å². The second kappa shape index (κ2) is 6.02. The fraction of sp³-hybridized carbons (Fsp3) is 0.200. The van der Waals surface area contributed by atoms with Crippen LogP contribution in [0.1, 0.15) is 5.56 Å². The van der Waals surface area contributed by atoms with E-state index in [-0.39, 0.29) is 0 Å². The minimum absolute atomic E-state index is 0.342. The highest BCUT2D eigenvalue weighted by molar-refractivity contribution is 9.08. The quantitative estimate of drug-likeness (QED) is 0.754. The van der Waals surface area contributed by atoms with Crippen molar-refractivity contribution in [2.45, 2.75) is 15.1 Å². The zero-order valence-corrected chi connectivity index (χ0v) is 14.4. The van der Waals surface area contributed by atoms with Crippen LogP contribution in [0.25, 0.3) is 0 Å². The summed E-state index contributed by atoms with van der Waals surface area (Å²) in [5.41, 5.74) is 1.84. The van der Waals surface area contributed by atoms with Gasteiger partial charge in [-0.2, -0.15) is 0 Å². The Balaban J connectivity index is 2.02. The normalized spacial score (nSPS) is 14.8. The van der Waals surface area contributed by atoms with Gasteiger partial charge in [0.05, 0.1) is 10.6 Å². The number of thioether (sulfide) groups is 1. The van der Waals surface area contributed by atoms with E-state index in [1.54, 1.807) is 23.9 Å². The second-order valence-electron chi connectivity index (χ2n) is 4.67. The second-order valence-corrected chi connectivity index (χ2v) is 8.23. The van der Waals surface area contributed by atoms with Crippen LogP contribution in [-0.2, 0) is 15.4 Å². The van der Waals surface area contributed by atoms with Crippen molar-refractivity contribution in [3.63, 3.8) is 0 Å². The topological polar surface area (TPSA) is 37.4 Å². The summed E-state index contributed by atoms with van der Waals surface area (Å²) >= 11 is 5.07. The molecule has 0 fully saturated rings. The molecule has 3 nitrogen and oxygen atoms in total.